The molecule has 0 bridgehead atoms. The molecule has 2 aromatic carbocycles. The normalized spacial score (nSPS) is 11.0. The van der Waals surface area contributed by atoms with Gasteiger partial charge in [-0.05, 0) is 42.0 Å². The third kappa shape index (κ3) is 7.47. The smallest absolute Gasteiger partial charge is 0.287 e. The lowest BCUT2D eigenvalue weighted by atomic mass is 10.2. The number of rotatable bonds is 3. The minimum absolute atomic E-state index is 0.0393. The maximum absolute atomic E-state index is 10.6. The van der Waals surface area contributed by atoms with E-state index < -0.39 is 16.0 Å². The Hall–Kier alpha value is -2.06. The van der Waals surface area contributed by atoms with Gasteiger partial charge in [-0.1, -0.05) is 35.3 Å². The quantitative estimate of drug-likeness (QED) is 0.695. The summed E-state index contributed by atoms with van der Waals surface area (Å²) in [5, 5.41) is 10.4. The summed E-state index contributed by atoms with van der Waals surface area (Å²) < 4.78 is 29.0. The first-order chi connectivity index (χ1) is 11.1. The van der Waals surface area contributed by atoms with Gasteiger partial charge in [-0.25, -0.2) is 0 Å². The molecule has 1 amide bonds. The molecule has 0 aliphatic carbocycles. The zero-order chi connectivity index (χ0) is 18.3. The first-order valence-corrected chi connectivity index (χ1v) is 8.54. The number of phenols is 1. The van der Waals surface area contributed by atoms with Crippen molar-refractivity contribution in [3.8, 4) is 5.75 Å². The number of primary amides is 1. The Balaban J connectivity index is 0.000000243. The van der Waals surface area contributed by atoms with Gasteiger partial charge in [-0.15, -0.1) is 0 Å². The summed E-state index contributed by atoms with van der Waals surface area (Å²) in [7, 11) is -4.10. The summed E-state index contributed by atoms with van der Waals surface area (Å²) in [5.74, 6) is -0.510. The van der Waals surface area contributed by atoms with Crippen LogP contribution >= 0.6 is 23.2 Å². The van der Waals surface area contributed by atoms with Crippen LogP contribution in [0.1, 0.15) is 15.9 Å². The molecule has 0 saturated carbocycles. The zero-order valence-electron chi connectivity index (χ0n) is 12.1. The molecular weight excluding hydrogens is 377 g/mol. The van der Waals surface area contributed by atoms with E-state index in [1.807, 2.05) is 0 Å². The van der Waals surface area contributed by atoms with E-state index >= 15 is 0 Å². The molecule has 4 N–H and O–H groups in total. The number of carbonyl (C=O) groups excluding carboxylic acids is 1. The second-order valence-corrected chi connectivity index (χ2v) is 6.55. The average molecular weight is 390 g/mol. The number of benzene rings is 2. The van der Waals surface area contributed by atoms with Gasteiger partial charge in [0.2, 0.25) is 5.91 Å². The number of phenolic OH excluding ortho intramolecular Hbond substituents is 1. The first kappa shape index (κ1) is 20.0. The molecule has 0 unspecified atom stereocenters. The Kier molecular flexibility index (Phi) is 7.24. The lowest BCUT2D eigenvalue weighted by Crippen LogP contribution is -2.11. The second kappa shape index (κ2) is 8.70. The molecule has 6 nitrogen and oxygen atoms in total. The molecule has 2 aromatic rings. The van der Waals surface area contributed by atoms with E-state index in [1.54, 1.807) is 18.2 Å². The van der Waals surface area contributed by atoms with E-state index in [2.05, 4.69) is 0 Å². The highest BCUT2D eigenvalue weighted by molar-refractivity contribution is 7.88. The molecule has 128 valence electrons. The lowest BCUT2D eigenvalue weighted by molar-refractivity contribution is 0.100. The van der Waals surface area contributed by atoms with Gasteiger partial charge in [0.1, 0.15) is 5.75 Å². The van der Waals surface area contributed by atoms with Crippen molar-refractivity contribution in [2.45, 2.75) is 0 Å². The molecule has 0 heterocycles. The minimum atomic E-state index is -4.10. The SMILES string of the molecule is NC(=O)c1ccc(Cl)cc1Cl.O=S(=O)(O)/C=C/c1cccc(O)c1. The third-order valence-electron chi connectivity index (χ3n) is 2.50. The van der Waals surface area contributed by atoms with Gasteiger partial charge in [0.25, 0.3) is 10.1 Å². The van der Waals surface area contributed by atoms with Crippen LogP contribution in [0.25, 0.3) is 6.08 Å². The number of carbonyl (C=O) groups is 1. The number of aromatic hydroxyl groups is 1. The zero-order valence-corrected chi connectivity index (χ0v) is 14.4. The van der Waals surface area contributed by atoms with E-state index in [9.17, 15) is 13.2 Å². The fraction of sp³-hybridized carbons (Fsp3) is 0. The summed E-state index contributed by atoms with van der Waals surface area (Å²) in [6, 6.07) is 10.5. The Bertz CT molecular complexity index is 866. The molecule has 0 spiro atoms. The summed E-state index contributed by atoms with van der Waals surface area (Å²) in [4.78, 5) is 10.6. The Morgan fingerprint density at radius 1 is 1.12 bits per heavy atom. The van der Waals surface area contributed by atoms with Crippen molar-refractivity contribution in [1.82, 2.24) is 0 Å². The summed E-state index contributed by atoms with van der Waals surface area (Å²) in [5.41, 5.74) is 5.78. The monoisotopic (exact) mass is 389 g/mol. The van der Waals surface area contributed by atoms with Crippen LogP contribution in [0.5, 0.6) is 5.75 Å². The standard InChI is InChI=1S/C8H8O4S.C7H5Cl2NO/c9-8-3-1-2-7(6-8)4-5-13(10,11)12;8-4-1-2-5(7(10)11)6(9)3-4/h1-6,9H,(H,10,11,12);1-3H,(H2,10,11)/b5-4+;. The predicted molar refractivity (Wildman–Crippen MR) is 93.7 cm³/mol. The fourth-order valence-electron chi connectivity index (χ4n) is 1.48. The van der Waals surface area contributed by atoms with Crippen LogP contribution in [-0.4, -0.2) is 24.0 Å². The number of amides is 1. The largest absolute Gasteiger partial charge is 0.508 e. The molecule has 2 rings (SSSR count). The van der Waals surface area contributed by atoms with Crippen molar-refractivity contribution < 1.29 is 22.9 Å². The summed E-state index contributed by atoms with van der Waals surface area (Å²) in [6.45, 7) is 0. The summed E-state index contributed by atoms with van der Waals surface area (Å²) >= 11 is 11.2. The van der Waals surface area contributed by atoms with Crippen molar-refractivity contribution in [2.24, 2.45) is 5.73 Å². The molecule has 0 fully saturated rings. The molecule has 0 aliphatic rings. The molecular formula is C15H13Cl2NO5S. The number of hydrogen-bond donors (Lipinski definition) is 3. The van der Waals surface area contributed by atoms with Gasteiger partial charge in [0, 0.05) is 5.02 Å². The van der Waals surface area contributed by atoms with Crippen molar-refractivity contribution in [1.29, 1.82) is 0 Å². The van der Waals surface area contributed by atoms with E-state index in [0.29, 0.717) is 16.0 Å². The van der Waals surface area contributed by atoms with Crippen LogP contribution in [0.4, 0.5) is 0 Å². The van der Waals surface area contributed by atoms with Gasteiger partial charge < -0.3 is 10.8 Å². The molecule has 0 saturated heterocycles. The second-order valence-electron chi connectivity index (χ2n) is 4.40. The molecule has 24 heavy (non-hydrogen) atoms. The van der Waals surface area contributed by atoms with Crippen LogP contribution in [0, 0.1) is 0 Å². The van der Waals surface area contributed by atoms with Gasteiger partial charge >= 0.3 is 0 Å². The Morgan fingerprint density at radius 3 is 2.29 bits per heavy atom. The predicted octanol–water partition coefficient (Wildman–Crippen LogP) is 3.34. The van der Waals surface area contributed by atoms with Gasteiger partial charge in [-0.2, -0.15) is 8.42 Å². The van der Waals surface area contributed by atoms with Crippen LogP contribution in [-0.2, 0) is 10.1 Å². The van der Waals surface area contributed by atoms with Crippen LogP contribution in [0.3, 0.4) is 0 Å². The summed E-state index contributed by atoms with van der Waals surface area (Å²) in [6.07, 6.45) is 1.19. The average Bonchev–Trinajstić information content (AvgIpc) is 2.45. The topological polar surface area (TPSA) is 118 Å². The molecule has 0 radical (unpaired) electrons. The Morgan fingerprint density at radius 2 is 1.79 bits per heavy atom. The van der Waals surface area contributed by atoms with Crippen LogP contribution in [0.15, 0.2) is 47.9 Å². The van der Waals surface area contributed by atoms with Crippen molar-refractivity contribution >= 4 is 45.3 Å². The van der Waals surface area contributed by atoms with Gasteiger partial charge in [-0.3, -0.25) is 9.35 Å². The maximum atomic E-state index is 10.6. The highest BCUT2D eigenvalue weighted by Crippen LogP contribution is 2.20. The van der Waals surface area contributed by atoms with E-state index in [1.165, 1.54) is 30.3 Å². The number of hydrogen-bond acceptors (Lipinski definition) is 4. The third-order valence-corrected chi connectivity index (χ3v) is 3.53. The maximum Gasteiger partial charge on any atom is 0.287 e. The Labute approximate surface area is 148 Å². The lowest BCUT2D eigenvalue weighted by Gasteiger charge is -1.97. The molecule has 0 aliphatic heterocycles. The molecule has 9 heteroatoms. The molecule has 0 aromatic heterocycles. The van der Waals surface area contributed by atoms with Crippen molar-refractivity contribution in [3.63, 3.8) is 0 Å². The van der Waals surface area contributed by atoms with E-state index in [0.717, 1.165) is 0 Å². The van der Waals surface area contributed by atoms with E-state index in [4.69, 9.17) is 38.6 Å². The van der Waals surface area contributed by atoms with Crippen molar-refractivity contribution in [3.05, 3.63) is 69.0 Å². The first-order valence-electron chi connectivity index (χ1n) is 6.28. The van der Waals surface area contributed by atoms with Crippen LogP contribution < -0.4 is 5.73 Å². The number of nitrogens with two attached hydrogens (primary N) is 1. The van der Waals surface area contributed by atoms with E-state index in [-0.39, 0.29) is 16.3 Å². The highest BCUT2D eigenvalue weighted by atomic mass is 35.5. The highest BCUT2D eigenvalue weighted by Gasteiger charge is 2.05. The fourth-order valence-corrected chi connectivity index (χ4v) is 2.31. The van der Waals surface area contributed by atoms with Gasteiger partial charge in [0.05, 0.1) is 16.0 Å². The van der Waals surface area contributed by atoms with Crippen LogP contribution in [0.2, 0.25) is 10.0 Å². The van der Waals surface area contributed by atoms with Gasteiger partial charge in [0.15, 0.2) is 0 Å². The minimum Gasteiger partial charge on any atom is -0.508 e. The number of halogens is 2. The molecule has 0 atom stereocenters. The van der Waals surface area contributed by atoms with Crippen molar-refractivity contribution in [2.75, 3.05) is 0 Å².